The number of methoxy groups -OCH3 is 1. The number of non-ortho nitro benzene ring substituents is 1. The maximum atomic E-state index is 12.0. The van der Waals surface area contributed by atoms with Crippen molar-refractivity contribution >= 4 is 17.7 Å². The summed E-state index contributed by atoms with van der Waals surface area (Å²) in [7, 11) is 1.15. The number of carbonyl (C=O) groups excluding carboxylic acids is 2. The molecule has 0 saturated heterocycles. The van der Waals surface area contributed by atoms with Gasteiger partial charge >= 0.3 is 5.97 Å². The molecule has 0 aliphatic rings. The summed E-state index contributed by atoms with van der Waals surface area (Å²) >= 11 is 0. The van der Waals surface area contributed by atoms with E-state index in [1.165, 1.54) is 24.3 Å². The Labute approximate surface area is 149 Å². The van der Waals surface area contributed by atoms with Gasteiger partial charge in [0, 0.05) is 12.1 Å². The van der Waals surface area contributed by atoms with Crippen LogP contribution in [0, 0.1) is 10.1 Å². The average molecular weight is 356 g/mol. The first-order valence-electron chi connectivity index (χ1n) is 7.61. The van der Waals surface area contributed by atoms with Crippen molar-refractivity contribution in [2.45, 2.75) is 18.8 Å². The lowest BCUT2D eigenvalue weighted by Crippen LogP contribution is -2.29. The third-order valence-corrected chi connectivity index (χ3v) is 3.60. The van der Waals surface area contributed by atoms with Crippen molar-refractivity contribution in [3.63, 3.8) is 0 Å². The summed E-state index contributed by atoms with van der Waals surface area (Å²) < 4.78 is 10.5. The van der Waals surface area contributed by atoms with Crippen molar-refractivity contribution in [3.05, 3.63) is 75.8 Å². The molecule has 0 N–H and O–H groups in total. The summed E-state index contributed by atoms with van der Waals surface area (Å²) in [6.45, 7) is 0.107. The Bertz CT molecular complexity index is 817. The molecule has 2 rings (SSSR count). The highest BCUT2D eigenvalue weighted by Gasteiger charge is 2.32. The number of benzene rings is 2. The zero-order chi connectivity index (χ0) is 18.9. The second kappa shape index (κ2) is 9.22. The van der Waals surface area contributed by atoms with Crippen LogP contribution in [0.4, 0.5) is 5.69 Å². The van der Waals surface area contributed by atoms with Gasteiger partial charge in [0.1, 0.15) is 6.10 Å². The van der Waals surface area contributed by atoms with Crippen LogP contribution in [0.25, 0.3) is 0 Å². The molecule has 2 aromatic rings. The van der Waals surface area contributed by atoms with Crippen LogP contribution in [0.5, 0.6) is 0 Å². The predicted molar refractivity (Wildman–Crippen MR) is 91.0 cm³/mol. The number of nitro groups is 1. The highest BCUT2D eigenvalue weighted by Crippen LogP contribution is 2.28. The van der Waals surface area contributed by atoms with Gasteiger partial charge in [0.2, 0.25) is 6.08 Å². The zero-order valence-electron chi connectivity index (χ0n) is 13.9. The second-order valence-corrected chi connectivity index (χ2v) is 5.26. The van der Waals surface area contributed by atoms with Gasteiger partial charge in [-0.05, 0) is 11.1 Å². The van der Waals surface area contributed by atoms with Crippen LogP contribution in [0.3, 0.4) is 0 Å². The molecule has 26 heavy (non-hydrogen) atoms. The molecule has 0 heterocycles. The molecule has 8 nitrogen and oxygen atoms in total. The average Bonchev–Trinajstić information content (AvgIpc) is 2.67. The predicted octanol–water partition coefficient (Wildman–Crippen LogP) is 2.73. The Morgan fingerprint density at radius 1 is 1.23 bits per heavy atom. The van der Waals surface area contributed by atoms with E-state index in [0.717, 1.165) is 12.7 Å². The summed E-state index contributed by atoms with van der Waals surface area (Å²) in [5.74, 6) is -0.807. The largest absolute Gasteiger partial charge is 0.467 e. The van der Waals surface area contributed by atoms with E-state index in [2.05, 4.69) is 9.73 Å². The first-order valence-corrected chi connectivity index (χ1v) is 7.61. The number of esters is 1. The van der Waals surface area contributed by atoms with Crippen LogP contribution in [-0.2, 0) is 25.7 Å². The Kier molecular flexibility index (Phi) is 6.73. The van der Waals surface area contributed by atoms with Crippen molar-refractivity contribution < 1.29 is 24.0 Å². The number of nitrogens with zero attached hydrogens (tertiary/aromatic N) is 2. The molecule has 0 aliphatic heterocycles. The van der Waals surface area contributed by atoms with E-state index in [1.54, 1.807) is 6.07 Å². The Morgan fingerprint density at radius 3 is 2.58 bits per heavy atom. The molecule has 2 unspecified atom stereocenters. The molecule has 0 aromatic heterocycles. The first kappa shape index (κ1) is 19.0. The van der Waals surface area contributed by atoms with Crippen molar-refractivity contribution in [1.82, 2.24) is 0 Å². The summed E-state index contributed by atoms with van der Waals surface area (Å²) in [6.07, 6.45) is 0.277. The van der Waals surface area contributed by atoms with Gasteiger partial charge in [0.15, 0.2) is 6.04 Å². The van der Waals surface area contributed by atoms with Crippen LogP contribution in [0.2, 0.25) is 0 Å². The van der Waals surface area contributed by atoms with Gasteiger partial charge in [-0.2, -0.15) is 4.99 Å². The quantitative estimate of drug-likeness (QED) is 0.237. The number of rotatable bonds is 8. The second-order valence-electron chi connectivity index (χ2n) is 5.26. The highest BCUT2D eigenvalue weighted by molar-refractivity contribution is 5.78. The fourth-order valence-electron chi connectivity index (χ4n) is 2.37. The van der Waals surface area contributed by atoms with Crippen molar-refractivity contribution in [1.29, 1.82) is 0 Å². The molecule has 2 atom stereocenters. The number of aliphatic imine (C=N–C) groups is 1. The van der Waals surface area contributed by atoms with E-state index in [9.17, 15) is 19.7 Å². The molecule has 0 aliphatic carbocycles. The molecule has 0 radical (unpaired) electrons. The summed E-state index contributed by atoms with van der Waals surface area (Å²) in [5, 5.41) is 11.0. The van der Waals surface area contributed by atoms with Crippen molar-refractivity contribution in [3.8, 4) is 0 Å². The van der Waals surface area contributed by atoms with Gasteiger partial charge in [-0.1, -0.05) is 42.5 Å². The first-order chi connectivity index (χ1) is 12.6. The molecule has 0 saturated carbocycles. The minimum Gasteiger partial charge on any atom is -0.467 e. The number of isocyanates is 1. The number of hydrogen-bond donors (Lipinski definition) is 0. The summed E-state index contributed by atoms with van der Waals surface area (Å²) in [5.41, 5.74) is 0.973. The Morgan fingerprint density at radius 2 is 1.96 bits per heavy atom. The fraction of sp³-hybridized carbons (Fsp3) is 0.222. The van der Waals surface area contributed by atoms with E-state index >= 15 is 0 Å². The van der Waals surface area contributed by atoms with Gasteiger partial charge in [-0.15, -0.1) is 0 Å². The minimum atomic E-state index is -1.33. The van der Waals surface area contributed by atoms with Crippen LogP contribution in [0.15, 0.2) is 59.6 Å². The van der Waals surface area contributed by atoms with Gasteiger partial charge in [0.05, 0.1) is 18.6 Å². The maximum Gasteiger partial charge on any atom is 0.334 e. The summed E-state index contributed by atoms with van der Waals surface area (Å²) in [6, 6.07) is 13.4. The third-order valence-electron chi connectivity index (χ3n) is 3.60. The van der Waals surface area contributed by atoms with Crippen LogP contribution >= 0.6 is 0 Å². The molecular weight excluding hydrogens is 340 g/mol. The lowest BCUT2D eigenvalue weighted by Gasteiger charge is -2.22. The van der Waals surface area contributed by atoms with Crippen LogP contribution in [-0.4, -0.2) is 30.1 Å². The lowest BCUT2D eigenvalue weighted by atomic mass is 10.0. The standard InChI is InChI=1S/C18H16N2O6/c1-25-18(22)16(19-12-21)17(26-11-13-6-3-2-4-7-13)14-8-5-9-15(10-14)20(23)24/h2-10,16-17H,11H2,1H3. The fourth-order valence-corrected chi connectivity index (χ4v) is 2.37. The lowest BCUT2D eigenvalue weighted by molar-refractivity contribution is -0.385. The summed E-state index contributed by atoms with van der Waals surface area (Å²) in [4.78, 5) is 36.7. The Balaban J connectivity index is 2.39. The van der Waals surface area contributed by atoms with Gasteiger partial charge in [0.25, 0.3) is 5.69 Å². The van der Waals surface area contributed by atoms with Gasteiger partial charge in [-0.3, -0.25) is 10.1 Å². The van der Waals surface area contributed by atoms with Crippen molar-refractivity contribution in [2.24, 2.45) is 4.99 Å². The molecule has 0 spiro atoms. The Hall–Kier alpha value is -3.35. The van der Waals surface area contributed by atoms with Crippen LogP contribution in [0.1, 0.15) is 17.2 Å². The third kappa shape index (κ3) is 4.83. The molecule has 2 aromatic carbocycles. The topological polar surface area (TPSA) is 108 Å². The van der Waals surface area contributed by atoms with E-state index in [-0.39, 0.29) is 12.3 Å². The zero-order valence-corrected chi connectivity index (χ0v) is 13.9. The van der Waals surface area contributed by atoms with Crippen molar-refractivity contribution in [2.75, 3.05) is 7.11 Å². The molecule has 0 amide bonds. The molecule has 0 bridgehead atoms. The molecule has 134 valence electrons. The molecular formula is C18H16N2O6. The van der Waals surface area contributed by atoms with Gasteiger partial charge < -0.3 is 9.47 Å². The van der Waals surface area contributed by atoms with E-state index in [0.29, 0.717) is 5.56 Å². The number of nitro benzene ring substituents is 1. The molecule has 0 fully saturated rings. The smallest absolute Gasteiger partial charge is 0.334 e. The SMILES string of the molecule is COC(=O)C(N=C=O)C(OCc1ccccc1)c1cccc([N+](=O)[O-])c1. The number of hydrogen-bond acceptors (Lipinski definition) is 7. The van der Waals surface area contributed by atoms with Gasteiger partial charge in [-0.25, -0.2) is 9.59 Å². The monoisotopic (exact) mass is 356 g/mol. The minimum absolute atomic E-state index is 0.107. The van der Waals surface area contributed by atoms with Crippen LogP contribution < -0.4 is 0 Å². The normalized spacial score (nSPS) is 12.5. The highest BCUT2D eigenvalue weighted by atomic mass is 16.6. The van der Waals surface area contributed by atoms with E-state index < -0.39 is 23.0 Å². The van der Waals surface area contributed by atoms with E-state index in [1.807, 2.05) is 30.3 Å². The number of ether oxygens (including phenoxy) is 2. The maximum absolute atomic E-state index is 12.0. The molecule has 8 heteroatoms. The van der Waals surface area contributed by atoms with E-state index in [4.69, 9.17) is 4.74 Å². The number of carbonyl (C=O) groups is 1.